The summed E-state index contributed by atoms with van der Waals surface area (Å²) in [5, 5.41) is 5.17. The second-order valence-corrected chi connectivity index (χ2v) is 6.88. The Kier molecular flexibility index (Phi) is 3.46. The minimum atomic E-state index is -3.76. The number of nitrogens with zero attached hydrogens (tertiary/aromatic N) is 1. The van der Waals surface area contributed by atoms with E-state index in [0.29, 0.717) is 25.4 Å². The molecular formula is C12H19N3O3S. The summed E-state index contributed by atoms with van der Waals surface area (Å²) in [6.45, 7) is 5.92. The standard InChI is InChI=1S/C12H19N3O3S/c1-12(2)8-18-4-3-15(12)10-5-9(13)6-11(7-10)19(14,16)17/h5-7H,3-4,8,13H2,1-2H3,(H2,14,16,17). The lowest BCUT2D eigenvalue weighted by Gasteiger charge is -2.44. The molecule has 1 fully saturated rings. The number of hydrogen-bond donors (Lipinski definition) is 2. The van der Waals surface area contributed by atoms with Crippen molar-refractivity contribution in [2.24, 2.45) is 5.14 Å². The fraction of sp³-hybridized carbons (Fsp3) is 0.500. The van der Waals surface area contributed by atoms with Gasteiger partial charge >= 0.3 is 0 Å². The molecule has 2 rings (SSSR count). The molecule has 0 spiro atoms. The molecule has 1 saturated heterocycles. The van der Waals surface area contributed by atoms with Crippen LogP contribution in [0.1, 0.15) is 13.8 Å². The summed E-state index contributed by atoms with van der Waals surface area (Å²) < 4.78 is 28.4. The van der Waals surface area contributed by atoms with E-state index in [-0.39, 0.29) is 10.4 Å². The van der Waals surface area contributed by atoms with E-state index in [2.05, 4.69) is 4.90 Å². The maximum atomic E-state index is 11.5. The van der Waals surface area contributed by atoms with Gasteiger partial charge in [-0.2, -0.15) is 0 Å². The number of nitrogen functional groups attached to an aromatic ring is 1. The summed E-state index contributed by atoms with van der Waals surface area (Å²) in [7, 11) is -3.76. The normalized spacial score (nSPS) is 19.4. The molecule has 1 aromatic carbocycles. The molecule has 0 unspecified atom stereocenters. The summed E-state index contributed by atoms with van der Waals surface area (Å²) >= 11 is 0. The predicted molar refractivity (Wildman–Crippen MR) is 74.5 cm³/mol. The largest absolute Gasteiger partial charge is 0.399 e. The average molecular weight is 285 g/mol. The first-order valence-electron chi connectivity index (χ1n) is 5.99. The lowest BCUT2D eigenvalue weighted by molar-refractivity contribution is 0.0644. The number of ether oxygens (including phenoxy) is 1. The number of sulfonamides is 1. The van der Waals surface area contributed by atoms with E-state index < -0.39 is 10.0 Å². The topological polar surface area (TPSA) is 98.7 Å². The molecular weight excluding hydrogens is 266 g/mol. The van der Waals surface area contributed by atoms with Gasteiger partial charge in [0.15, 0.2) is 0 Å². The molecule has 0 aromatic heterocycles. The highest BCUT2D eigenvalue weighted by molar-refractivity contribution is 7.89. The van der Waals surface area contributed by atoms with E-state index in [1.54, 1.807) is 12.1 Å². The Morgan fingerprint density at radius 2 is 2.00 bits per heavy atom. The minimum Gasteiger partial charge on any atom is -0.399 e. The molecule has 0 saturated carbocycles. The zero-order chi connectivity index (χ0) is 14.3. The monoisotopic (exact) mass is 285 g/mol. The number of rotatable bonds is 2. The van der Waals surface area contributed by atoms with Gasteiger partial charge in [0.25, 0.3) is 0 Å². The number of hydrogen-bond acceptors (Lipinski definition) is 5. The SMILES string of the molecule is CC1(C)COCCN1c1cc(N)cc(S(N)(=O)=O)c1. The second-order valence-electron chi connectivity index (χ2n) is 5.32. The van der Waals surface area contributed by atoms with Crippen molar-refractivity contribution >= 4 is 21.4 Å². The summed E-state index contributed by atoms with van der Waals surface area (Å²) in [6.07, 6.45) is 0. The van der Waals surface area contributed by atoms with Gasteiger partial charge < -0.3 is 15.4 Å². The van der Waals surface area contributed by atoms with E-state index in [1.165, 1.54) is 6.07 Å². The number of nitrogens with two attached hydrogens (primary N) is 2. The summed E-state index contributed by atoms with van der Waals surface area (Å²) in [5.41, 5.74) is 6.68. The first kappa shape index (κ1) is 14.1. The van der Waals surface area contributed by atoms with Gasteiger partial charge in [-0.1, -0.05) is 0 Å². The molecule has 1 aliphatic rings. The van der Waals surface area contributed by atoms with Gasteiger partial charge in [0.05, 0.1) is 23.6 Å². The van der Waals surface area contributed by atoms with Crippen LogP contribution in [0.5, 0.6) is 0 Å². The van der Waals surface area contributed by atoms with Crippen molar-refractivity contribution < 1.29 is 13.2 Å². The van der Waals surface area contributed by atoms with E-state index >= 15 is 0 Å². The lowest BCUT2D eigenvalue weighted by Crippen LogP contribution is -2.53. The summed E-state index contributed by atoms with van der Waals surface area (Å²) in [5.74, 6) is 0. The number of primary sulfonamides is 1. The molecule has 0 bridgehead atoms. The molecule has 4 N–H and O–H groups in total. The van der Waals surface area contributed by atoms with Crippen molar-refractivity contribution in [3.8, 4) is 0 Å². The third kappa shape index (κ3) is 2.99. The van der Waals surface area contributed by atoms with Crippen molar-refractivity contribution in [1.82, 2.24) is 0 Å². The van der Waals surface area contributed by atoms with Crippen LogP contribution in [0.2, 0.25) is 0 Å². The van der Waals surface area contributed by atoms with E-state index in [0.717, 1.165) is 5.69 Å². The Bertz CT molecular complexity index is 584. The van der Waals surface area contributed by atoms with Crippen LogP contribution in [0.4, 0.5) is 11.4 Å². The third-order valence-electron chi connectivity index (χ3n) is 3.20. The van der Waals surface area contributed by atoms with Gasteiger partial charge in [-0.15, -0.1) is 0 Å². The Hall–Kier alpha value is -1.31. The van der Waals surface area contributed by atoms with Gasteiger partial charge in [0, 0.05) is 17.9 Å². The van der Waals surface area contributed by atoms with Crippen molar-refractivity contribution in [2.45, 2.75) is 24.3 Å². The minimum absolute atomic E-state index is 0.0322. The van der Waals surface area contributed by atoms with Crippen LogP contribution in [-0.2, 0) is 14.8 Å². The van der Waals surface area contributed by atoms with Gasteiger partial charge in [-0.25, -0.2) is 13.6 Å². The molecule has 0 aliphatic carbocycles. The summed E-state index contributed by atoms with van der Waals surface area (Å²) in [6, 6.07) is 4.67. The van der Waals surface area contributed by atoms with Crippen LogP contribution >= 0.6 is 0 Å². The Morgan fingerprint density at radius 1 is 1.32 bits per heavy atom. The van der Waals surface area contributed by atoms with E-state index in [1.807, 2.05) is 13.8 Å². The molecule has 0 atom stereocenters. The van der Waals surface area contributed by atoms with Crippen LogP contribution < -0.4 is 15.8 Å². The highest BCUT2D eigenvalue weighted by Gasteiger charge is 2.31. The first-order chi connectivity index (χ1) is 8.70. The van der Waals surface area contributed by atoms with Gasteiger partial charge in [0.2, 0.25) is 10.0 Å². The summed E-state index contributed by atoms with van der Waals surface area (Å²) in [4.78, 5) is 2.12. The fourth-order valence-corrected chi connectivity index (χ4v) is 2.85. The number of anilines is 2. The first-order valence-corrected chi connectivity index (χ1v) is 7.53. The molecule has 19 heavy (non-hydrogen) atoms. The quantitative estimate of drug-likeness (QED) is 0.772. The molecule has 1 aliphatic heterocycles. The van der Waals surface area contributed by atoms with Gasteiger partial charge in [-0.3, -0.25) is 0 Å². The molecule has 0 radical (unpaired) electrons. The molecule has 1 aromatic rings. The number of morpholine rings is 1. The second kappa shape index (κ2) is 4.66. The smallest absolute Gasteiger partial charge is 0.238 e. The lowest BCUT2D eigenvalue weighted by atomic mass is 10.0. The maximum Gasteiger partial charge on any atom is 0.238 e. The zero-order valence-corrected chi connectivity index (χ0v) is 11.9. The van der Waals surface area contributed by atoms with Crippen LogP contribution in [0.25, 0.3) is 0 Å². The van der Waals surface area contributed by atoms with Crippen LogP contribution in [0.15, 0.2) is 23.1 Å². The van der Waals surface area contributed by atoms with Crippen molar-refractivity contribution in [3.05, 3.63) is 18.2 Å². The molecule has 7 heteroatoms. The maximum absolute atomic E-state index is 11.5. The molecule has 0 amide bonds. The fourth-order valence-electron chi connectivity index (χ4n) is 2.26. The van der Waals surface area contributed by atoms with Crippen LogP contribution in [0.3, 0.4) is 0 Å². The molecule has 1 heterocycles. The zero-order valence-electron chi connectivity index (χ0n) is 11.1. The predicted octanol–water partition coefficient (Wildman–Crippen LogP) is 0.531. The average Bonchev–Trinajstić information content (AvgIpc) is 2.26. The third-order valence-corrected chi connectivity index (χ3v) is 4.09. The molecule has 106 valence electrons. The Morgan fingerprint density at radius 3 is 2.58 bits per heavy atom. The van der Waals surface area contributed by atoms with E-state index in [9.17, 15) is 8.42 Å². The van der Waals surface area contributed by atoms with Crippen LogP contribution in [-0.4, -0.2) is 33.7 Å². The van der Waals surface area contributed by atoms with Gasteiger partial charge in [0.1, 0.15) is 0 Å². The van der Waals surface area contributed by atoms with Gasteiger partial charge in [-0.05, 0) is 32.0 Å². The van der Waals surface area contributed by atoms with E-state index in [4.69, 9.17) is 15.6 Å². The Balaban J connectivity index is 2.48. The van der Waals surface area contributed by atoms with Crippen LogP contribution in [0, 0.1) is 0 Å². The van der Waals surface area contributed by atoms with Crippen molar-refractivity contribution in [3.63, 3.8) is 0 Å². The van der Waals surface area contributed by atoms with Crippen molar-refractivity contribution in [1.29, 1.82) is 0 Å². The highest BCUT2D eigenvalue weighted by Crippen LogP contribution is 2.30. The highest BCUT2D eigenvalue weighted by atomic mass is 32.2. The Labute approximate surface area is 113 Å². The number of benzene rings is 1. The molecule has 6 nitrogen and oxygen atoms in total. The van der Waals surface area contributed by atoms with Crippen molar-refractivity contribution in [2.75, 3.05) is 30.4 Å².